The average molecular weight is 289 g/mol. The normalized spacial score (nSPS) is 18.4. The molecular formula is C14H15N3O2S. The zero-order valence-electron chi connectivity index (χ0n) is 11.4. The first-order valence-corrected chi connectivity index (χ1v) is 7.31. The lowest BCUT2D eigenvalue weighted by Gasteiger charge is -2.10. The summed E-state index contributed by atoms with van der Waals surface area (Å²) in [5.41, 5.74) is 1.35. The standard InChI is InChI=1S/C14H15N3O2S/c1-3-4-10-6-5-9(8-15)13(16-10)20-11-7-12(18)17(2)14(11)19/h5-6,11H,3-4,7H2,1-2H3. The number of hydrogen-bond donors (Lipinski definition) is 0. The van der Waals surface area contributed by atoms with E-state index >= 15 is 0 Å². The maximum atomic E-state index is 11.9. The first kappa shape index (κ1) is 14.5. The van der Waals surface area contributed by atoms with Gasteiger partial charge in [-0.1, -0.05) is 25.1 Å². The smallest absolute Gasteiger partial charge is 0.242 e. The van der Waals surface area contributed by atoms with Gasteiger partial charge in [0.15, 0.2) is 0 Å². The van der Waals surface area contributed by atoms with Gasteiger partial charge in [-0.15, -0.1) is 0 Å². The number of aryl methyl sites for hydroxylation is 1. The second-order valence-electron chi connectivity index (χ2n) is 4.62. The number of carbonyl (C=O) groups excluding carboxylic acids is 2. The van der Waals surface area contributed by atoms with Gasteiger partial charge in [-0.2, -0.15) is 5.26 Å². The fourth-order valence-corrected chi connectivity index (χ4v) is 3.16. The van der Waals surface area contributed by atoms with E-state index in [1.807, 2.05) is 6.07 Å². The lowest BCUT2D eigenvalue weighted by atomic mass is 10.2. The van der Waals surface area contributed by atoms with Gasteiger partial charge in [0.05, 0.1) is 10.8 Å². The van der Waals surface area contributed by atoms with Crippen LogP contribution in [0, 0.1) is 11.3 Å². The molecule has 0 saturated carbocycles. The van der Waals surface area contributed by atoms with E-state index in [2.05, 4.69) is 18.0 Å². The third-order valence-corrected chi connectivity index (χ3v) is 4.33. The van der Waals surface area contributed by atoms with Crippen molar-refractivity contribution in [2.45, 2.75) is 36.5 Å². The summed E-state index contributed by atoms with van der Waals surface area (Å²) >= 11 is 1.21. The highest BCUT2D eigenvalue weighted by atomic mass is 32.2. The van der Waals surface area contributed by atoms with Gasteiger partial charge in [-0.05, 0) is 18.6 Å². The number of likely N-dealkylation sites (tertiary alicyclic amines) is 1. The van der Waals surface area contributed by atoms with Gasteiger partial charge in [-0.25, -0.2) is 4.98 Å². The van der Waals surface area contributed by atoms with Crippen LogP contribution in [0.5, 0.6) is 0 Å². The molecule has 2 amide bonds. The number of pyridine rings is 1. The molecule has 0 radical (unpaired) electrons. The van der Waals surface area contributed by atoms with Crippen molar-refractivity contribution in [1.29, 1.82) is 5.26 Å². The van der Waals surface area contributed by atoms with Crippen molar-refractivity contribution in [1.82, 2.24) is 9.88 Å². The van der Waals surface area contributed by atoms with E-state index in [0.717, 1.165) is 23.4 Å². The summed E-state index contributed by atoms with van der Waals surface area (Å²) < 4.78 is 0. The highest BCUT2D eigenvalue weighted by molar-refractivity contribution is 8.00. The van der Waals surface area contributed by atoms with E-state index in [9.17, 15) is 9.59 Å². The lowest BCUT2D eigenvalue weighted by molar-refractivity contribution is -0.136. The number of rotatable bonds is 4. The van der Waals surface area contributed by atoms with Crippen molar-refractivity contribution in [3.05, 3.63) is 23.4 Å². The molecule has 2 rings (SSSR count). The minimum absolute atomic E-state index is 0.171. The summed E-state index contributed by atoms with van der Waals surface area (Å²) in [6.45, 7) is 2.06. The van der Waals surface area contributed by atoms with Crippen molar-refractivity contribution in [3.63, 3.8) is 0 Å². The van der Waals surface area contributed by atoms with Gasteiger partial charge in [0, 0.05) is 19.2 Å². The maximum Gasteiger partial charge on any atom is 0.242 e. The predicted molar refractivity (Wildman–Crippen MR) is 75.0 cm³/mol. The minimum Gasteiger partial charge on any atom is -0.285 e. The number of thioether (sulfide) groups is 1. The SMILES string of the molecule is CCCc1ccc(C#N)c(SC2CC(=O)N(C)C2=O)n1. The van der Waals surface area contributed by atoms with Crippen LogP contribution in [-0.2, 0) is 16.0 Å². The van der Waals surface area contributed by atoms with Crippen LogP contribution in [0.1, 0.15) is 31.0 Å². The fraction of sp³-hybridized carbons (Fsp3) is 0.429. The molecule has 0 aromatic carbocycles. The summed E-state index contributed by atoms with van der Waals surface area (Å²) in [7, 11) is 1.48. The van der Waals surface area contributed by atoms with Crippen LogP contribution in [0.4, 0.5) is 0 Å². The third-order valence-electron chi connectivity index (χ3n) is 3.14. The van der Waals surface area contributed by atoms with Crippen molar-refractivity contribution < 1.29 is 9.59 Å². The third kappa shape index (κ3) is 2.83. The Labute approximate surface area is 122 Å². The number of amides is 2. The van der Waals surface area contributed by atoms with E-state index in [1.165, 1.54) is 18.8 Å². The Balaban J connectivity index is 2.24. The molecule has 20 heavy (non-hydrogen) atoms. The van der Waals surface area contributed by atoms with Gasteiger partial charge in [0.1, 0.15) is 11.1 Å². The van der Waals surface area contributed by atoms with Gasteiger partial charge >= 0.3 is 0 Å². The van der Waals surface area contributed by atoms with Gasteiger partial charge < -0.3 is 0 Å². The van der Waals surface area contributed by atoms with Crippen molar-refractivity contribution >= 4 is 23.6 Å². The molecule has 1 unspecified atom stereocenters. The Bertz CT molecular complexity index is 595. The molecule has 0 N–H and O–H groups in total. The van der Waals surface area contributed by atoms with Crippen LogP contribution < -0.4 is 0 Å². The molecule has 2 heterocycles. The molecule has 0 aliphatic carbocycles. The van der Waals surface area contributed by atoms with E-state index in [1.54, 1.807) is 6.07 Å². The summed E-state index contributed by atoms with van der Waals surface area (Å²) in [6, 6.07) is 5.64. The molecule has 5 nitrogen and oxygen atoms in total. The quantitative estimate of drug-likeness (QED) is 0.789. The maximum absolute atomic E-state index is 11.9. The summed E-state index contributed by atoms with van der Waals surface area (Å²) in [5.74, 6) is -0.401. The topological polar surface area (TPSA) is 74.1 Å². The Morgan fingerprint density at radius 2 is 2.25 bits per heavy atom. The van der Waals surface area contributed by atoms with Crippen molar-refractivity contribution in [2.24, 2.45) is 0 Å². The van der Waals surface area contributed by atoms with Crippen molar-refractivity contribution in [2.75, 3.05) is 7.05 Å². The Morgan fingerprint density at radius 1 is 1.50 bits per heavy atom. The monoisotopic (exact) mass is 289 g/mol. The largest absolute Gasteiger partial charge is 0.285 e. The van der Waals surface area contributed by atoms with Crippen LogP contribution in [0.2, 0.25) is 0 Å². The Kier molecular flexibility index (Phi) is 4.40. The average Bonchev–Trinajstić information content (AvgIpc) is 2.67. The molecule has 0 spiro atoms. The van der Waals surface area contributed by atoms with Crippen LogP contribution in [-0.4, -0.2) is 34.0 Å². The van der Waals surface area contributed by atoms with Gasteiger partial charge in [0.2, 0.25) is 11.8 Å². The molecule has 0 bridgehead atoms. The van der Waals surface area contributed by atoms with E-state index < -0.39 is 5.25 Å². The predicted octanol–water partition coefficient (Wildman–Crippen LogP) is 1.76. The molecule has 1 aromatic heterocycles. The molecule has 1 aromatic rings. The van der Waals surface area contributed by atoms with Gasteiger partial charge in [0.25, 0.3) is 0 Å². The molecule has 1 fully saturated rings. The first-order valence-electron chi connectivity index (χ1n) is 6.44. The Morgan fingerprint density at radius 3 is 2.80 bits per heavy atom. The molecule has 6 heteroatoms. The van der Waals surface area contributed by atoms with Crippen LogP contribution in [0.3, 0.4) is 0 Å². The zero-order chi connectivity index (χ0) is 14.7. The number of nitriles is 1. The van der Waals surface area contributed by atoms with Crippen LogP contribution in [0.15, 0.2) is 17.2 Å². The van der Waals surface area contributed by atoms with E-state index in [0.29, 0.717) is 10.6 Å². The molecule has 1 saturated heterocycles. The highest BCUT2D eigenvalue weighted by Gasteiger charge is 2.37. The fourth-order valence-electron chi connectivity index (χ4n) is 2.00. The van der Waals surface area contributed by atoms with E-state index in [-0.39, 0.29) is 18.2 Å². The lowest BCUT2D eigenvalue weighted by Crippen LogP contribution is -2.26. The zero-order valence-corrected chi connectivity index (χ0v) is 12.2. The molecule has 1 atom stereocenters. The molecule has 104 valence electrons. The van der Waals surface area contributed by atoms with E-state index in [4.69, 9.17) is 5.26 Å². The first-order chi connectivity index (χ1) is 9.56. The highest BCUT2D eigenvalue weighted by Crippen LogP contribution is 2.31. The minimum atomic E-state index is -0.469. The number of nitrogens with zero attached hydrogens (tertiary/aromatic N) is 3. The van der Waals surface area contributed by atoms with Gasteiger partial charge in [-0.3, -0.25) is 14.5 Å². The van der Waals surface area contributed by atoms with Crippen LogP contribution >= 0.6 is 11.8 Å². The van der Waals surface area contributed by atoms with Crippen molar-refractivity contribution in [3.8, 4) is 6.07 Å². The number of carbonyl (C=O) groups is 2. The number of aromatic nitrogens is 1. The van der Waals surface area contributed by atoms with Crippen LogP contribution in [0.25, 0.3) is 0 Å². The summed E-state index contributed by atoms with van der Waals surface area (Å²) in [4.78, 5) is 29.0. The second-order valence-corrected chi connectivity index (χ2v) is 5.81. The molecule has 1 aliphatic rings. The summed E-state index contributed by atoms with van der Waals surface area (Å²) in [5, 5.41) is 9.19. The summed E-state index contributed by atoms with van der Waals surface area (Å²) in [6.07, 6.45) is 1.97. The Hall–Kier alpha value is -1.87. The number of hydrogen-bond acceptors (Lipinski definition) is 5. The number of imide groups is 1. The molecule has 1 aliphatic heterocycles. The second kappa shape index (κ2) is 6.06. The molecular weight excluding hydrogens is 274 g/mol.